The molecule has 0 fully saturated rings. The molecule has 0 radical (unpaired) electrons. The van der Waals surface area contributed by atoms with Crippen LogP contribution in [0.25, 0.3) is 6.08 Å². The molecule has 0 aromatic carbocycles. The number of ether oxygens (including phenoxy) is 2. The number of Topliss-reactive ketones (excluding diaryl/α,β-unsaturated/α-hetero) is 1. The highest BCUT2D eigenvalue weighted by molar-refractivity contribution is 6.00. The first kappa shape index (κ1) is 26.4. The highest BCUT2D eigenvalue weighted by atomic mass is 16.5. The SMILES string of the molecule is COc1ccc(/C=C(/C(=O)CCc2ccc(OC)nc2)C(O)/C=C/C2=C(C)CCCC2(C)C)cn1. The van der Waals surface area contributed by atoms with E-state index >= 15 is 0 Å². The van der Waals surface area contributed by atoms with Gasteiger partial charge in [-0.15, -0.1) is 0 Å². The van der Waals surface area contributed by atoms with Crippen LogP contribution in [0.1, 0.15) is 57.6 Å². The second-order valence-electron chi connectivity index (χ2n) is 9.60. The molecule has 0 aliphatic heterocycles. The maximum atomic E-state index is 13.3. The number of carbonyl (C=O) groups is 1. The van der Waals surface area contributed by atoms with Crippen molar-refractivity contribution in [2.24, 2.45) is 5.41 Å². The van der Waals surface area contributed by atoms with E-state index in [1.165, 1.54) is 17.6 Å². The normalized spacial score (nSPS) is 16.9. The molecule has 1 aliphatic rings. The zero-order valence-electron chi connectivity index (χ0n) is 21.4. The topological polar surface area (TPSA) is 81.5 Å². The number of hydrogen-bond acceptors (Lipinski definition) is 6. The van der Waals surface area contributed by atoms with Crippen molar-refractivity contribution in [3.05, 3.63) is 76.7 Å². The first-order chi connectivity index (χ1) is 16.7. The summed E-state index contributed by atoms with van der Waals surface area (Å²) in [6.45, 7) is 6.62. The molecule has 1 unspecified atom stereocenters. The number of allylic oxidation sites excluding steroid dienone is 3. The number of nitrogens with zero attached hydrogens (tertiary/aromatic N) is 2. The van der Waals surface area contributed by atoms with Crippen LogP contribution in [0.5, 0.6) is 11.8 Å². The van der Waals surface area contributed by atoms with E-state index in [-0.39, 0.29) is 17.6 Å². The van der Waals surface area contributed by atoms with Crippen LogP contribution in [0.4, 0.5) is 0 Å². The fourth-order valence-corrected chi connectivity index (χ4v) is 4.49. The van der Waals surface area contributed by atoms with Gasteiger partial charge in [0.05, 0.1) is 14.2 Å². The Morgan fingerprint density at radius 1 is 1.11 bits per heavy atom. The van der Waals surface area contributed by atoms with Gasteiger partial charge in [-0.3, -0.25) is 4.79 Å². The van der Waals surface area contributed by atoms with Crippen molar-refractivity contribution in [3.63, 3.8) is 0 Å². The summed E-state index contributed by atoms with van der Waals surface area (Å²) in [7, 11) is 3.12. The number of ketones is 1. The van der Waals surface area contributed by atoms with E-state index in [4.69, 9.17) is 9.47 Å². The van der Waals surface area contributed by atoms with Crippen molar-refractivity contribution in [2.45, 2.75) is 59.0 Å². The zero-order chi connectivity index (χ0) is 25.4. The predicted octanol–water partition coefficient (Wildman–Crippen LogP) is 5.52. The first-order valence-corrected chi connectivity index (χ1v) is 12.0. The van der Waals surface area contributed by atoms with Gasteiger partial charge >= 0.3 is 0 Å². The van der Waals surface area contributed by atoms with Crippen molar-refractivity contribution in [1.82, 2.24) is 9.97 Å². The minimum Gasteiger partial charge on any atom is -0.481 e. The summed E-state index contributed by atoms with van der Waals surface area (Å²) in [6.07, 6.45) is 11.9. The molecule has 35 heavy (non-hydrogen) atoms. The molecule has 0 bridgehead atoms. The third kappa shape index (κ3) is 7.12. The van der Waals surface area contributed by atoms with Crippen LogP contribution in [0, 0.1) is 5.41 Å². The van der Waals surface area contributed by atoms with E-state index in [1.807, 2.05) is 18.2 Å². The molecule has 2 aromatic rings. The summed E-state index contributed by atoms with van der Waals surface area (Å²) in [5, 5.41) is 11.1. The second kappa shape index (κ2) is 11.9. The minimum absolute atomic E-state index is 0.0493. The van der Waals surface area contributed by atoms with Gasteiger partial charge in [0.2, 0.25) is 11.8 Å². The summed E-state index contributed by atoms with van der Waals surface area (Å²) in [4.78, 5) is 21.7. The standard InChI is InChI=1S/C29H36N2O4/c1-20-7-6-16-29(2,3)24(20)11-13-26(33)23(17-22-10-15-28(35-5)31-19-22)25(32)12-8-21-9-14-27(34-4)30-18-21/h9-11,13-15,17-19,26,33H,6-8,12,16H2,1-5H3/b13-11+,23-17-. The first-order valence-electron chi connectivity index (χ1n) is 12.0. The smallest absolute Gasteiger partial charge is 0.212 e. The third-order valence-electron chi connectivity index (χ3n) is 6.57. The summed E-state index contributed by atoms with van der Waals surface area (Å²) >= 11 is 0. The quantitative estimate of drug-likeness (QED) is 0.455. The molecule has 0 amide bonds. The molecule has 0 spiro atoms. The van der Waals surface area contributed by atoms with Gasteiger partial charge in [0.25, 0.3) is 0 Å². The number of pyridine rings is 2. The molecule has 1 N–H and O–H groups in total. The van der Waals surface area contributed by atoms with Crippen molar-refractivity contribution in [2.75, 3.05) is 14.2 Å². The average molecular weight is 477 g/mol. The number of aliphatic hydroxyl groups is 1. The highest BCUT2D eigenvalue weighted by Crippen LogP contribution is 2.40. The van der Waals surface area contributed by atoms with E-state index in [1.54, 1.807) is 50.9 Å². The molecular weight excluding hydrogens is 440 g/mol. The lowest BCUT2D eigenvalue weighted by Crippen LogP contribution is -2.20. The molecule has 2 aromatic heterocycles. The zero-order valence-corrected chi connectivity index (χ0v) is 21.4. The van der Waals surface area contributed by atoms with Crippen molar-refractivity contribution >= 4 is 11.9 Å². The fourth-order valence-electron chi connectivity index (χ4n) is 4.49. The summed E-state index contributed by atoms with van der Waals surface area (Å²) in [5.74, 6) is 0.898. The Morgan fingerprint density at radius 3 is 2.37 bits per heavy atom. The molecule has 186 valence electrons. The Bertz CT molecular complexity index is 1100. The van der Waals surface area contributed by atoms with Crippen LogP contribution < -0.4 is 9.47 Å². The van der Waals surface area contributed by atoms with Gasteiger partial charge in [0.15, 0.2) is 5.78 Å². The maximum Gasteiger partial charge on any atom is 0.212 e. The number of hydrogen-bond donors (Lipinski definition) is 1. The average Bonchev–Trinajstić information content (AvgIpc) is 2.85. The van der Waals surface area contributed by atoms with Crippen molar-refractivity contribution < 1.29 is 19.4 Å². The Kier molecular flexibility index (Phi) is 8.99. The molecule has 0 saturated heterocycles. The predicted molar refractivity (Wildman–Crippen MR) is 138 cm³/mol. The third-order valence-corrected chi connectivity index (χ3v) is 6.57. The van der Waals surface area contributed by atoms with Gasteiger partial charge in [-0.2, -0.15) is 0 Å². The van der Waals surface area contributed by atoms with Gasteiger partial charge < -0.3 is 14.6 Å². The molecule has 6 heteroatoms. The van der Waals surface area contributed by atoms with Gasteiger partial charge in [0.1, 0.15) is 6.10 Å². The van der Waals surface area contributed by atoms with E-state index < -0.39 is 6.10 Å². The Hall–Kier alpha value is -3.25. The monoisotopic (exact) mass is 476 g/mol. The van der Waals surface area contributed by atoms with Gasteiger partial charge in [-0.05, 0) is 66.9 Å². The van der Waals surface area contributed by atoms with E-state index in [0.29, 0.717) is 23.8 Å². The van der Waals surface area contributed by atoms with E-state index in [0.717, 1.165) is 24.0 Å². The molecule has 3 rings (SSSR count). The number of carbonyl (C=O) groups excluding carboxylic acids is 1. The summed E-state index contributed by atoms with van der Waals surface area (Å²) < 4.78 is 10.2. The molecular formula is C29H36N2O4. The number of aryl methyl sites for hydroxylation is 1. The van der Waals surface area contributed by atoms with E-state index in [9.17, 15) is 9.90 Å². The lowest BCUT2D eigenvalue weighted by molar-refractivity contribution is -0.116. The van der Waals surface area contributed by atoms with Crippen molar-refractivity contribution in [3.8, 4) is 11.8 Å². The Labute approximate surface area is 208 Å². The van der Waals surface area contributed by atoms with Crippen LogP contribution in [0.15, 0.2) is 65.5 Å². The van der Waals surface area contributed by atoms with Crippen LogP contribution in [0.3, 0.4) is 0 Å². The van der Waals surface area contributed by atoms with Crippen LogP contribution in [0.2, 0.25) is 0 Å². The number of aliphatic hydroxyl groups excluding tert-OH is 1. The Balaban J connectivity index is 1.84. The molecule has 6 nitrogen and oxygen atoms in total. The van der Waals surface area contributed by atoms with Gasteiger partial charge in [-0.25, -0.2) is 9.97 Å². The number of rotatable bonds is 10. The lowest BCUT2D eigenvalue weighted by Gasteiger charge is -2.33. The van der Waals surface area contributed by atoms with Crippen LogP contribution >= 0.6 is 0 Å². The minimum atomic E-state index is -1.03. The molecule has 0 saturated carbocycles. The van der Waals surface area contributed by atoms with Gasteiger partial charge in [0, 0.05) is 36.5 Å². The fraction of sp³-hybridized carbons (Fsp3) is 0.414. The molecule has 1 aliphatic carbocycles. The lowest BCUT2D eigenvalue weighted by atomic mass is 9.72. The molecule has 1 atom stereocenters. The highest BCUT2D eigenvalue weighted by Gasteiger charge is 2.27. The number of methoxy groups -OCH3 is 2. The van der Waals surface area contributed by atoms with E-state index in [2.05, 4.69) is 30.7 Å². The number of aromatic nitrogens is 2. The Morgan fingerprint density at radius 2 is 1.80 bits per heavy atom. The van der Waals surface area contributed by atoms with Crippen molar-refractivity contribution in [1.29, 1.82) is 0 Å². The maximum absolute atomic E-state index is 13.3. The van der Waals surface area contributed by atoms with Crippen LogP contribution in [-0.4, -0.2) is 41.2 Å². The van der Waals surface area contributed by atoms with Crippen LogP contribution in [-0.2, 0) is 11.2 Å². The summed E-state index contributed by atoms with van der Waals surface area (Å²) in [5.41, 5.74) is 4.62. The largest absolute Gasteiger partial charge is 0.481 e. The summed E-state index contributed by atoms with van der Waals surface area (Å²) in [6, 6.07) is 7.23. The molecule has 2 heterocycles. The van der Waals surface area contributed by atoms with Gasteiger partial charge in [-0.1, -0.05) is 37.6 Å². The second-order valence-corrected chi connectivity index (χ2v) is 9.60.